The minimum atomic E-state index is -0.498. The Labute approximate surface area is 134 Å². The van der Waals surface area contributed by atoms with E-state index < -0.39 is 5.60 Å². The van der Waals surface area contributed by atoms with Gasteiger partial charge in [0.2, 0.25) is 0 Å². The summed E-state index contributed by atoms with van der Waals surface area (Å²) in [6.07, 6.45) is 5.42. The first-order valence-corrected chi connectivity index (χ1v) is 7.52. The van der Waals surface area contributed by atoms with Crippen LogP contribution in [0.5, 0.6) is 0 Å². The molecule has 7 heteroatoms. The summed E-state index contributed by atoms with van der Waals surface area (Å²) in [5, 5.41) is 0. The number of amides is 1. The van der Waals surface area contributed by atoms with Crippen molar-refractivity contribution in [1.82, 2.24) is 24.8 Å². The van der Waals surface area contributed by atoms with Crippen LogP contribution in [0, 0.1) is 0 Å². The van der Waals surface area contributed by atoms with E-state index in [0.29, 0.717) is 31.2 Å². The van der Waals surface area contributed by atoms with Crippen molar-refractivity contribution in [2.75, 3.05) is 6.54 Å². The number of rotatable bonds is 1. The second-order valence-electron chi connectivity index (χ2n) is 6.39. The molecule has 0 aromatic carbocycles. The van der Waals surface area contributed by atoms with Gasteiger partial charge in [-0.2, -0.15) is 0 Å². The van der Waals surface area contributed by atoms with Gasteiger partial charge in [-0.05, 0) is 26.8 Å². The SMILES string of the molecule is CC(C)(C)OC(=O)N1CCc2nc(-c3ncccn3)ncc2C1. The topological polar surface area (TPSA) is 81.1 Å². The van der Waals surface area contributed by atoms with Gasteiger partial charge in [-0.25, -0.2) is 24.7 Å². The van der Waals surface area contributed by atoms with Crippen molar-refractivity contribution in [2.24, 2.45) is 0 Å². The third kappa shape index (κ3) is 3.61. The van der Waals surface area contributed by atoms with Crippen LogP contribution in [-0.4, -0.2) is 43.1 Å². The zero-order chi connectivity index (χ0) is 16.4. The molecular weight excluding hydrogens is 294 g/mol. The Morgan fingerprint density at radius 1 is 1.17 bits per heavy atom. The average Bonchev–Trinajstić information content (AvgIpc) is 2.53. The zero-order valence-electron chi connectivity index (χ0n) is 13.5. The van der Waals surface area contributed by atoms with E-state index in [-0.39, 0.29) is 6.09 Å². The number of aromatic nitrogens is 4. The molecule has 1 amide bonds. The van der Waals surface area contributed by atoms with Crippen molar-refractivity contribution in [3.05, 3.63) is 35.9 Å². The van der Waals surface area contributed by atoms with Gasteiger partial charge < -0.3 is 9.64 Å². The molecule has 0 bridgehead atoms. The van der Waals surface area contributed by atoms with Crippen LogP contribution >= 0.6 is 0 Å². The van der Waals surface area contributed by atoms with E-state index in [1.165, 1.54) is 0 Å². The van der Waals surface area contributed by atoms with Gasteiger partial charge in [0.25, 0.3) is 0 Å². The van der Waals surface area contributed by atoms with Crippen LogP contribution in [0.3, 0.4) is 0 Å². The fourth-order valence-electron chi connectivity index (χ4n) is 2.32. The van der Waals surface area contributed by atoms with E-state index in [0.717, 1.165) is 11.3 Å². The van der Waals surface area contributed by atoms with Crippen molar-refractivity contribution in [1.29, 1.82) is 0 Å². The van der Waals surface area contributed by atoms with Crippen molar-refractivity contribution in [3.8, 4) is 11.6 Å². The highest BCUT2D eigenvalue weighted by atomic mass is 16.6. The predicted molar refractivity (Wildman–Crippen MR) is 83.4 cm³/mol. The molecular formula is C16H19N5O2. The fourth-order valence-corrected chi connectivity index (χ4v) is 2.32. The Morgan fingerprint density at radius 2 is 1.91 bits per heavy atom. The highest BCUT2D eigenvalue weighted by Crippen LogP contribution is 2.21. The molecule has 3 rings (SSSR count). The predicted octanol–water partition coefficient (Wildman–Crippen LogP) is 2.23. The van der Waals surface area contributed by atoms with E-state index >= 15 is 0 Å². The molecule has 1 aliphatic heterocycles. The van der Waals surface area contributed by atoms with Crippen molar-refractivity contribution in [3.63, 3.8) is 0 Å². The maximum Gasteiger partial charge on any atom is 0.410 e. The normalized spacial score (nSPS) is 14.3. The van der Waals surface area contributed by atoms with Crippen molar-refractivity contribution in [2.45, 2.75) is 39.3 Å². The summed E-state index contributed by atoms with van der Waals surface area (Å²) in [6.45, 7) is 6.61. The highest BCUT2D eigenvalue weighted by Gasteiger charge is 2.26. The monoisotopic (exact) mass is 313 g/mol. The van der Waals surface area contributed by atoms with E-state index in [9.17, 15) is 4.79 Å². The van der Waals surface area contributed by atoms with E-state index in [2.05, 4.69) is 19.9 Å². The van der Waals surface area contributed by atoms with Crippen LogP contribution in [0.4, 0.5) is 4.79 Å². The second-order valence-corrected chi connectivity index (χ2v) is 6.39. The molecule has 1 aliphatic rings. The summed E-state index contributed by atoms with van der Waals surface area (Å²) < 4.78 is 5.41. The number of nitrogens with zero attached hydrogens (tertiary/aromatic N) is 5. The summed E-state index contributed by atoms with van der Waals surface area (Å²) >= 11 is 0. The van der Waals surface area contributed by atoms with Gasteiger partial charge in [0.15, 0.2) is 11.6 Å². The lowest BCUT2D eigenvalue weighted by Gasteiger charge is -2.30. The lowest BCUT2D eigenvalue weighted by atomic mass is 10.1. The molecule has 0 atom stereocenters. The van der Waals surface area contributed by atoms with Gasteiger partial charge in [-0.15, -0.1) is 0 Å². The molecule has 23 heavy (non-hydrogen) atoms. The smallest absolute Gasteiger partial charge is 0.410 e. The number of hydrogen-bond donors (Lipinski definition) is 0. The lowest BCUT2D eigenvalue weighted by molar-refractivity contribution is 0.0222. The Balaban J connectivity index is 1.77. The second kappa shape index (κ2) is 5.91. The molecule has 0 aliphatic carbocycles. The third-order valence-corrected chi connectivity index (χ3v) is 3.35. The van der Waals surface area contributed by atoms with E-state index in [1.807, 2.05) is 20.8 Å². The van der Waals surface area contributed by atoms with Gasteiger partial charge >= 0.3 is 6.09 Å². The van der Waals surface area contributed by atoms with Gasteiger partial charge in [-0.3, -0.25) is 0 Å². The molecule has 0 saturated carbocycles. The standard InChI is InChI=1S/C16H19N5O2/c1-16(2,3)23-15(22)21-8-5-12-11(10-21)9-19-14(20-12)13-17-6-4-7-18-13/h4,6-7,9H,5,8,10H2,1-3H3. The maximum absolute atomic E-state index is 12.2. The molecule has 0 spiro atoms. The summed E-state index contributed by atoms with van der Waals surface area (Å²) in [7, 11) is 0. The third-order valence-electron chi connectivity index (χ3n) is 3.35. The summed E-state index contributed by atoms with van der Waals surface area (Å²) in [4.78, 5) is 31.0. The summed E-state index contributed by atoms with van der Waals surface area (Å²) in [6, 6.07) is 1.75. The first-order chi connectivity index (χ1) is 10.9. The highest BCUT2D eigenvalue weighted by molar-refractivity contribution is 5.68. The molecule has 3 heterocycles. The molecule has 0 saturated heterocycles. The lowest BCUT2D eigenvalue weighted by Crippen LogP contribution is -2.40. The van der Waals surface area contributed by atoms with Crippen LogP contribution in [0.25, 0.3) is 11.6 Å². The first kappa shape index (κ1) is 15.3. The number of hydrogen-bond acceptors (Lipinski definition) is 6. The quantitative estimate of drug-likeness (QED) is 0.803. The minimum Gasteiger partial charge on any atom is -0.444 e. The number of carbonyl (C=O) groups excluding carboxylic acids is 1. The van der Waals surface area contributed by atoms with E-state index in [4.69, 9.17) is 4.74 Å². The Bertz CT molecular complexity index is 712. The van der Waals surface area contributed by atoms with Gasteiger partial charge in [0.05, 0.1) is 12.2 Å². The molecule has 2 aromatic rings. The Hall–Kier alpha value is -2.57. The number of fused-ring (bicyclic) bond motifs is 1. The van der Waals surface area contributed by atoms with Crippen molar-refractivity contribution >= 4 is 6.09 Å². The molecule has 0 N–H and O–H groups in total. The first-order valence-electron chi connectivity index (χ1n) is 7.52. The van der Waals surface area contributed by atoms with Gasteiger partial charge in [0, 0.05) is 37.1 Å². The Morgan fingerprint density at radius 3 is 2.61 bits per heavy atom. The van der Waals surface area contributed by atoms with Crippen LogP contribution in [0.15, 0.2) is 24.7 Å². The van der Waals surface area contributed by atoms with Crippen molar-refractivity contribution < 1.29 is 9.53 Å². The summed E-state index contributed by atoms with van der Waals surface area (Å²) in [5.74, 6) is 1.01. The van der Waals surface area contributed by atoms with Gasteiger partial charge in [0.1, 0.15) is 5.60 Å². The largest absolute Gasteiger partial charge is 0.444 e. The summed E-state index contributed by atoms with van der Waals surface area (Å²) in [5.41, 5.74) is 1.37. The van der Waals surface area contributed by atoms with E-state index in [1.54, 1.807) is 29.6 Å². The Kier molecular flexibility index (Phi) is 3.94. The fraction of sp³-hybridized carbons (Fsp3) is 0.438. The molecule has 0 radical (unpaired) electrons. The molecule has 0 fully saturated rings. The zero-order valence-corrected chi connectivity index (χ0v) is 13.5. The molecule has 2 aromatic heterocycles. The molecule has 7 nitrogen and oxygen atoms in total. The minimum absolute atomic E-state index is 0.307. The molecule has 0 unspecified atom stereocenters. The van der Waals surface area contributed by atoms with Crippen LogP contribution in [0.1, 0.15) is 32.0 Å². The van der Waals surface area contributed by atoms with Crippen LogP contribution in [0.2, 0.25) is 0 Å². The van der Waals surface area contributed by atoms with Crippen LogP contribution < -0.4 is 0 Å². The molecule has 120 valence electrons. The number of carbonyl (C=O) groups is 1. The van der Waals surface area contributed by atoms with Gasteiger partial charge in [-0.1, -0.05) is 0 Å². The van der Waals surface area contributed by atoms with Crippen LogP contribution in [-0.2, 0) is 17.7 Å². The number of ether oxygens (including phenoxy) is 1. The average molecular weight is 313 g/mol. The maximum atomic E-state index is 12.2.